The van der Waals surface area contributed by atoms with Gasteiger partial charge < -0.3 is 9.64 Å². The summed E-state index contributed by atoms with van der Waals surface area (Å²) in [6.45, 7) is 1.03. The van der Waals surface area contributed by atoms with Gasteiger partial charge in [0.2, 0.25) is 0 Å². The maximum absolute atomic E-state index is 13.2. The minimum absolute atomic E-state index is 0.108. The molecule has 0 spiro atoms. The average Bonchev–Trinajstić information content (AvgIpc) is 2.80. The van der Waals surface area contributed by atoms with E-state index in [2.05, 4.69) is 10.8 Å². The van der Waals surface area contributed by atoms with Crippen molar-refractivity contribution in [1.29, 1.82) is 0 Å². The van der Waals surface area contributed by atoms with E-state index >= 15 is 0 Å². The molecule has 0 saturated heterocycles. The van der Waals surface area contributed by atoms with Gasteiger partial charge in [0.15, 0.2) is 0 Å². The zero-order valence-electron chi connectivity index (χ0n) is 17.1. The van der Waals surface area contributed by atoms with Crippen molar-refractivity contribution in [2.45, 2.75) is 17.9 Å². The smallest absolute Gasteiger partial charge is 0.265 e. The number of amides is 1. The van der Waals surface area contributed by atoms with Crippen LogP contribution in [0.1, 0.15) is 21.5 Å². The van der Waals surface area contributed by atoms with E-state index in [1.807, 2.05) is 18.2 Å². The number of sulfonamides is 1. The van der Waals surface area contributed by atoms with Gasteiger partial charge in [-0.2, -0.15) is 0 Å². The topological polar surface area (TPSA) is 75.7 Å². The quantitative estimate of drug-likeness (QED) is 0.545. The third-order valence-electron chi connectivity index (χ3n) is 5.29. The maximum Gasteiger partial charge on any atom is 0.265 e. The Labute approximate surface area is 196 Å². The monoisotopic (exact) mass is 490 g/mol. The molecule has 0 aromatic heterocycles. The molecule has 0 atom stereocenters. The molecule has 9 heteroatoms. The number of hydrogen-bond acceptors (Lipinski definition) is 4. The number of halogens is 2. The van der Waals surface area contributed by atoms with Gasteiger partial charge >= 0.3 is 0 Å². The standard InChI is InChI=1S/C23H20Cl2N2O4S/c1-31-21-9-6-16(23(28)27-11-10-15-4-2-3-5-17(15)14-27)12-22(21)32(29,30)26-20-13-18(24)7-8-19(20)25/h2-9,12-13,26H,10-11,14H2,1H3. The first-order valence-corrected chi connectivity index (χ1v) is 12.0. The number of nitrogens with zero attached hydrogens (tertiary/aromatic N) is 1. The van der Waals surface area contributed by atoms with E-state index in [0.29, 0.717) is 18.1 Å². The Morgan fingerprint density at radius 1 is 1.03 bits per heavy atom. The van der Waals surface area contributed by atoms with Gasteiger partial charge in [-0.1, -0.05) is 47.5 Å². The van der Waals surface area contributed by atoms with E-state index in [-0.39, 0.29) is 32.8 Å². The first-order chi connectivity index (χ1) is 15.3. The lowest BCUT2D eigenvalue weighted by Crippen LogP contribution is -2.36. The number of hydrogen-bond donors (Lipinski definition) is 1. The molecule has 4 rings (SSSR count). The number of carbonyl (C=O) groups is 1. The molecular formula is C23H20Cl2N2O4S. The lowest BCUT2D eigenvalue weighted by Gasteiger charge is -2.29. The first-order valence-electron chi connectivity index (χ1n) is 9.80. The molecule has 32 heavy (non-hydrogen) atoms. The van der Waals surface area contributed by atoms with Crippen LogP contribution in [0, 0.1) is 0 Å². The summed E-state index contributed by atoms with van der Waals surface area (Å²) >= 11 is 12.1. The third-order valence-corrected chi connectivity index (χ3v) is 7.24. The normalized spacial score (nSPS) is 13.4. The summed E-state index contributed by atoms with van der Waals surface area (Å²) in [6.07, 6.45) is 0.748. The van der Waals surface area contributed by atoms with E-state index < -0.39 is 10.0 Å². The van der Waals surface area contributed by atoms with Crippen LogP contribution >= 0.6 is 23.2 Å². The fourth-order valence-electron chi connectivity index (χ4n) is 3.65. The maximum atomic E-state index is 13.2. The highest BCUT2D eigenvalue weighted by Gasteiger charge is 2.26. The predicted molar refractivity (Wildman–Crippen MR) is 125 cm³/mol. The van der Waals surface area contributed by atoms with Crippen LogP contribution in [0.4, 0.5) is 5.69 Å². The Kier molecular flexibility index (Phi) is 6.33. The highest BCUT2D eigenvalue weighted by molar-refractivity contribution is 7.92. The second-order valence-corrected chi connectivity index (χ2v) is 9.84. The van der Waals surface area contributed by atoms with Crippen molar-refractivity contribution in [3.8, 4) is 5.75 Å². The SMILES string of the molecule is COc1ccc(C(=O)N2CCc3ccccc3C2)cc1S(=O)(=O)Nc1cc(Cl)ccc1Cl. The van der Waals surface area contributed by atoms with Gasteiger partial charge in [-0.05, 0) is 53.9 Å². The molecule has 1 heterocycles. The van der Waals surface area contributed by atoms with Gasteiger partial charge in [0.1, 0.15) is 10.6 Å². The van der Waals surface area contributed by atoms with Crippen molar-refractivity contribution in [1.82, 2.24) is 4.90 Å². The molecular weight excluding hydrogens is 471 g/mol. The summed E-state index contributed by atoms with van der Waals surface area (Å²) in [4.78, 5) is 14.7. The van der Waals surface area contributed by atoms with Crippen LogP contribution in [0.2, 0.25) is 10.0 Å². The van der Waals surface area contributed by atoms with E-state index in [1.54, 1.807) is 17.0 Å². The molecule has 1 aliphatic rings. The van der Waals surface area contributed by atoms with Gasteiger partial charge in [0.05, 0.1) is 17.8 Å². The Bertz CT molecular complexity index is 1290. The molecule has 0 radical (unpaired) electrons. The number of carbonyl (C=O) groups excluding carboxylic acids is 1. The predicted octanol–water partition coefficient (Wildman–Crippen LogP) is 5.00. The molecule has 1 N–H and O–H groups in total. The third kappa shape index (κ3) is 4.55. The summed E-state index contributed by atoms with van der Waals surface area (Å²) < 4.78 is 34.0. The zero-order chi connectivity index (χ0) is 22.9. The summed E-state index contributed by atoms with van der Waals surface area (Å²) in [5, 5.41) is 0.518. The van der Waals surface area contributed by atoms with Gasteiger partial charge in [0.25, 0.3) is 15.9 Å². The largest absolute Gasteiger partial charge is 0.495 e. The highest BCUT2D eigenvalue weighted by Crippen LogP contribution is 2.32. The van der Waals surface area contributed by atoms with E-state index in [0.717, 1.165) is 12.0 Å². The van der Waals surface area contributed by atoms with Crippen molar-refractivity contribution in [3.63, 3.8) is 0 Å². The molecule has 0 fully saturated rings. The molecule has 0 unspecified atom stereocenters. The van der Waals surface area contributed by atoms with Crippen LogP contribution in [0.5, 0.6) is 5.75 Å². The first kappa shape index (κ1) is 22.5. The Hall–Kier alpha value is -2.74. The number of nitrogens with one attached hydrogen (secondary N) is 1. The number of ether oxygens (including phenoxy) is 1. The number of rotatable bonds is 5. The van der Waals surface area contributed by atoms with Gasteiger partial charge in [0, 0.05) is 23.7 Å². The average molecular weight is 491 g/mol. The molecule has 3 aromatic rings. The zero-order valence-corrected chi connectivity index (χ0v) is 19.5. The Balaban J connectivity index is 1.65. The summed E-state index contributed by atoms with van der Waals surface area (Å²) in [5.41, 5.74) is 2.69. The number of methoxy groups -OCH3 is 1. The minimum atomic E-state index is -4.12. The molecule has 1 aliphatic heterocycles. The van der Waals surface area contributed by atoms with Gasteiger partial charge in [-0.15, -0.1) is 0 Å². The lowest BCUT2D eigenvalue weighted by molar-refractivity contribution is 0.0734. The lowest BCUT2D eigenvalue weighted by atomic mass is 9.99. The van der Waals surface area contributed by atoms with Gasteiger partial charge in [-0.25, -0.2) is 8.42 Å². The number of benzene rings is 3. The van der Waals surface area contributed by atoms with Crippen molar-refractivity contribution in [2.24, 2.45) is 0 Å². The van der Waals surface area contributed by atoms with Crippen LogP contribution in [0.25, 0.3) is 0 Å². The molecule has 1 amide bonds. The van der Waals surface area contributed by atoms with Crippen molar-refractivity contribution in [3.05, 3.63) is 87.4 Å². The fraction of sp³-hybridized carbons (Fsp3) is 0.174. The van der Waals surface area contributed by atoms with E-state index in [1.165, 1.54) is 36.9 Å². The second kappa shape index (κ2) is 9.02. The van der Waals surface area contributed by atoms with Crippen LogP contribution in [-0.4, -0.2) is 32.9 Å². The van der Waals surface area contributed by atoms with Crippen LogP contribution < -0.4 is 9.46 Å². The number of anilines is 1. The molecule has 166 valence electrons. The highest BCUT2D eigenvalue weighted by atomic mass is 35.5. The van der Waals surface area contributed by atoms with Crippen LogP contribution in [-0.2, 0) is 23.0 Å². The van der Waals surface area contributed by atoms with Gasteiger partial charge in [-0.3, -0.25) is 9.52 Å². The summed E-state index contributed by atoms with van der Waals surface area (Å²) in [5.74, 6) is -0.143. The van der Waals surface area contributed by atoms with E-state index in [4.69, 9.17) is 27.9 Å². The molecule has 0 saturated carbocycles. The summed E-state index contributed by atoms with van der Waals surface area (Å²) in [7, 11) is -2.75. The number of fused-ring (bicyclic) bond motifs is 1. The summed E-state index contributed by atoms with van der Waals surface area (Å²) in [6, 6.07) is 16.8. The van der Waals surface area contributed by atoms with Crippen LogP contribution in [0.3, 0.4) is 0 Å². The van der Waals surface area contributed by atoms with Crippen LogP contribution in [0.15, 0.2) is 65.6 Å². The Morgan fingerprint density at radius 3 is 2.53 bits per heavy atom. The molecule has 6 nitrogen and oxygen atoms in total. The minimum Gasteiger partial charge on any atom is -0.495 e. The fourth-order valence-corrected chi connectivity index (χ4v) is 5.31. The second-order valence-electron chi connectivity index (χ2n) is 7.34. The van der Waals surface area contributed by atoms with Crippen molar-refractivity contribution < 1.29 is 17.9 Å². The molecule has 3 aromatic carbocycles. The molecule has 0 aliphatic carbocycles. The van der Waals surface area contributed by atoms with E-state index in [9.17, 15) is 13.2 Å². The molecule has 0 bridgehead atoms. The van der Waals surface area contributed by atoms with Crippen molar-refractivity contribution >= 4 is 44.8 Å². The van der Waals surface area contributed by atoms with Crippen molar-refractivity contribution in [2.75, 3.05) is 18.4 Å². The Morgan fingerprint density at radius 2 is 1.78 bits per heavy atom.